The third-order valence-electron chi connectivity index (χ3n) is 10.9. The number of aliphatic imine (C=N–C) groups is 6. The fourth-order valence-electron chi connectivity index (χ4n) is 7.84. The zero-order chi connectivity index (χ0) is 36.7. The normalized spacial score (nSPS) is 26.3. The summed E-state index contributed by atoms with van der Waals surface area (Å²) in [6.45, 7) is 0. The number of halogens is 2. The van der Waals surface area contributed by atoms with Crippen molar-refractivity contribution in [2.75, 3.05) is 0 Å². The summed E-state index contributed by atoms with van der Waals surface area (Å²) < 4.78 is 1.64. The Bertz CT molecular complexity index is 1840. The largest absolute Gasteiger partial charge is 0.507 e. The zero-order valence-electron chi connectivity index (χ0n) is 29.7. The molecule has 4 aliphatic rings. The molecule has 6 atom stereocenters. The molecule has 9 nitrogen and oxygen atoms in total. The number of phenolic OH excluding ortho intramolecular Hbond substituents is 3. The lowest BCUT2D eigenvalue weighted by molar-refractivity contribution is 0.389. The SMILES string of the molecule is Oc1c2cccc1C=NC1CCCCC1N=Cc1cc(Br)cc(c1O)C=NC1CCCCC1N=Cc1cc(Br)cc(c1O)C=NC1CCCCC1N=C2. The predicted molar refractivity (Wildman–Crippen MR) is 223 cm³/mol. The number of aromatic hydroxyl groups is 3. The number of rotatable bonds is 0. The minimum atomic E-state index is -0.0576. The molecule has 276 valence electrons. The maximum absolute atomic E-state index is 11.4. The van der Waals surface area contributed by atoms with Crippen LogP contribution in [0, 0.1) is 0 Å². The van der Waals surface area contributed by atoms with Crippen molar-refractivity contribution in [1.82, 2.24) is 0 Å². The van der Waals surface area contributed by atoms with E-state index in [2.05, 4.69) is 31.9 Å². The molecule has 0 aromatic heterocycles. The van der Waals surface area contributed by atoms with E-state index in [0.717, 1.165) is 86.0 Å². The smallest absolute Gasteiger partial charge is 0.133 e. The van der Waals surface area contributed by atoms with Crippen molar-refractivity contribution >= 4 is 69.1 Å². The maximum atomic E-state index is 11.4. The molecule has 3 aliphatic carbocycles. The average molecular weight is 843 g/mol. The summed E-state index contributed by atoms with van der Waals surface area (Å²) in [7, 11) is 0. The molecule has 3 fully saturated rings. The number of phenols is 3. The van der Waals surface area contributed by atoms with Gasteiger partial charge < -0.3 is 15.3 Å². The third kappa shape index (κ3) is 9.23. The van der Waals surface area contributed by atoms with Gasteiger partial charge in [-0.1, -0.05) is 76.5 Å². The number of benzene rings is 3. The van der Waals surface area contributed by atoms with Crippen LogP contribution in [-0.4, -0.2) is 88.9 Å². The lowest BCUT2D eigenvalue weighted by Crippen LogP contribution is -2.27. The van der Waals surface area contributed by atoms with E-state index < -0.39 is 0 Å². The van der Waals surface area contributed by atoms with Crippen LogP contribution in [0.25, 0.3) is 0 Å². The number of hydrogen-bond donors (Lipinski definition) is 3. The standard InChI is InChI=1S/C42H46Br2N6O3/c43-32-16-28-22-47-36-12-3-1-10-34(36)45-20-26-8-7-9-27(40(26)51)21-46-35-11-2-4-13-37(35)48-23-29-17-33(44)19-31(42(29)53)25-50-39-15-6-5-14-38(39)49-24-30(18-32)41(28)52/h7-9,16-25,34-39,51-53H,1-6,10-15H2. The van der Waals surface area contributed by atoms with Gasteiger partial charge in [-0.05, 0) is 74.9 Å². The summed E-state index contributed by atoms with van der Waals surface area (Å²) in [5.41, 5.74) is 3.71. The molecule has 0 amide bonds. The van der Waals surface area contributed by atoms with Gasteiger partial charge in [0.15, 0.2) is 0 Å². The first-order valence-electron chi connectivity index (χ1n) is 18.9. The highest BCUT2D eigenvalue weighted by Crippen LogP contribution is 2.32. The first-order valence-corrected chi connectivity index (χ1v) is 20.5. The van der Waals surface area contributed by atoms with Gasteiger partial charge in [0.25, 0.3) is 0 Å². The number of para-hydroxylation sites is 1. The first kappa shape index (κ1) is 37.4. The van der Waals surface area contributed by atoms with Crippen LogP contribution in [0.15, 0.2) is 81.4 Å². The lowest BCUT2D eigenvalue weighted by atomic mass is 9.91. The molecule has 3 aromatic carbocycles. The molecule has 7 rings (SSSR count). The van der Waals surface area contributed by atoms with Gasteiger partial charge in [0.2, 0.25) is 0 Å². The molecule has 6 unspecified atom stereocenters. The van der Waals surface area contributed by atoms with Crippen LogP contribution in [-0.2, 0) is 0 Å². The molecule has 3 N–H and O–H groups in total. The molecule has 3 aromatic rings. The van der Waals surface area contributed by atoms with E-state index in [1.807, 2.05) is 42.5 Å². The molecule has 11 heteroatoms. The molecular weight excluding hydrogens is 796 g/mol. The van der Waals surface area contributed by atoms with Crippen LogP contribution in [0.2, 0.25) is 0 Å². The quantitative estimate of drug-likeness (QED) is 0.208. The Labute approximate surface area is 328 Å². The molecule has 6 bridgehead atoms. The molecular formula is C42H46Br2N6O3. The van der Waals surface area contributed by atoms with Crippen molar-refractivity contribution in [3.63, 3.8) is 0 Å². The first-order chi connectivity index (χ1) is 25.8. The summed E-state index contributed by atoms with van der Waals surface area (Å²) >= 11 is 7.26. The van der Waals surface area contributed by atoms with E-state index in [-0.39, 0.29) is 53.5 Å². The van der Waals surface area contributed by atoms with Crippen LogP contribution >= 0.6 is 31.9 Å². The number of nitrogens with zero attached hydrogens (tertiary/aromatic N) is 6. The van der Waals surface area contributed by atoms with Crippen LogP contribution in [0.3, 0.4) is 0 Å². The second kappa shape index (κ2) is 17.5. The van der Waals surface area contributed by atoms with Crippen LogP contribution < -0.4 is 0 Å². The van der Waals surface area contributed by atoms with Gasteiger partial charge in [-0.15, -0.1) is 0 Å². The highest BCUT2D eigenvalue weighted by molar-refractivity contribution is 9.10. The van der Waals surface area contributed by atoms with E-state index in [1.165, 1.54) is 0 Å². The highest BCUT2D eigenvalue weighted by Gasteiger charge is 2.26. The zero-order valence-corrected chi connectivity index (χ0v) is 32.9. The maximum Gasteiger partial charge on any atom is 0.133 e. The monoisotopic (exact) mass is 840 g/mol. The Kier molecular flexibility index (Phi) is 12.3. The Balaban J connectivity index is 1.27. The molecule has 0 saturated heterocycles. The third-order valence-corrected chi connectivity index (χ3v) is 11.8. The van der Waals surface area contributed by atoms with Crippen LogP contribution in [0.5, 0.6) is 17.2 Å². The summed E-state index contributed by atoms with van der Waals surface area (Å²) in [4.78, 5) is 29.7. The van der Waals surface area contributed by atoms with Crippen molar-refractivity contribution in [1.29, 1.82) is 0 Å². The minimum Gasteiger partial charge on any atom is -0.507 e. The Hall–Kier alpha value is -3.96. The number of hydrogen-bond acceptors (Lipinski definition) is 9. The molecule has 3 saturated carbocycles. The Morgan fingerprint density at radius 3 is 0.868 bits per heavy atom. The Morgan fingerprint density at radius 1 is 0.377 bits per heavy atom. The van der Waals surface area contributed by atoms with Crippen molar-refractivity contribution in [2.45, 2.75) is 113 Å². The topological polar surface area (TPSA) is 135 Å². The number of fused-ring (bicyclic) bond motifs is 9. The van der Waals surface area contributed by atoms with Gasteiger partial charge in [-0.25, -0.2) is 0 Å². The minimum absolute atomic E-state index is 0.0420. The average Bonchev–Trinajstić information content (AvgIpc) is 3.17. The second-order valence-corrected chi connectivity index (χ2v) is 16.4. The fraction of sp³-hybridized carbons (Fsp3) is 0.429. The Morgan fingerprint density at radius 2 is 0.604 bits per heavy atom. The molecule has 1 heterocycles. The van der Waals surface area contributed by atoms with E-state index in [0.29, 0.717) is 33.4 Å². The predicted octanol–water partition coefficient (Wildman–Crippen LogP) is 9.19. The van der Waals surface area contributed by atoms with Gasteiger partial charge in [-0.3, -0.25) is 30.0 Å². The summed E-state index contributed by atoms with van der Waals surface area (Å²) in [6, 6.07) is 12.8. The van der Waals surface area contributed by atoms with Gasteiger partial charge in [0, 0.05) is 79.6 Å². The van der Waals surface area contributed by atoms with Gasteiger partial charge >= 0.3 is 0 Å². The van der Waals surface area contributed by atoms with E-state index in [9.17, 15) is 15.3 Å². The van der Waals surface area contributed by atoms with Crippen molar-refractivity contribution in [3.05, 3.63) is 84.8 Å². The fourth-order valence-corrected chi connectivity index (χ4v) is 8.83. The molecule has 1 aliphatic heterocycles. The molecule has 0 spiro atoms. The van der Waals surface area contributed by atoms with E-state index >= 15 is 0 Å². The van der Waals surface area contributed by atoms with E-state index in [1.54, 1.807) is 37.3 Å². The highest BCUT2D eigenvalue weighted by atomic mass is 79.9. The van der Waals surface area contributed by atoms with Crippen LogP contribution in [0.1, 0.15) is 110 Å². The van der Waals surface area contributed by atoms with Gasteiger partial charge in [0.1, 0.15) is 17.2 Å². The van der Waals surface area contributed by atoms with Crippen LogP contribution in [0.4, 0.5) is 0 Å². The molecule has 53 heavy (non-hydrogen) atoms. The van der Waals surface area contributed by atoms with Crippen molar-refractivity contribution < 1.29 is 15.3 Å². The van der Waals surface area contributed by atoms with E-state index in [4.69, 9.17) is 30.0 Å². The lowest BCUT2D eigenvalue weighted by Gasteiger charge is -2.26. The summed E-state index contributed by atoms with van der Waals surface area (Å²) in [6.07, 6.45) is 22.3. The van der Waals surface area contributed by atoms with Gasteiger partial charge in [-0.2, -0.15) is 0 Å². The second-order valence-electron chi connectivity index (χ2n) is 14.6. The van der Waals surface area contributed by atoms with Crippen molar-refractivity contribution in [3.8, 4) is 17.2 Å². The van der Waals surface area contributed by atoms with Crippen molar-refractivity contribution in [2.24, 2.45) is 30.0 Å². The summed E-state index contributed by atoms with van der Waals surface area (Å²) in [5, 5.41) is 34.0. The summed E-state index contributed by atoms with van der Waals surface area (Å²) in [5.74, 6) is 0.396. The molecule has 0 radical (unpaired) electrons. The van der Waals surface area contributed by atoms with Gasteiger partial charge in [0.05, 0.1) is 36.3 Å².